The van der Waals surface area contributed by atoms with Crippen LogP contribution in [0.2, 0.25) is 0 Å². The lowest BCUT2D eigenvalue weighted by molar-refractivity contribution is -0.133. The van der Waals surface area contributed by atoms with Crippen molar-refractivity contribution < 1.29 is 9.53 Å². The third-order valence-corrected chi connectivity index (χ3v) is 4.65. The van der Waals surface area contributed by atoms with Crippen molar-refractivity contribution >= 4 is 5.91 Å². The van der Waals surface area contributed by atoms with Gasteiger partial charge in [-0.2, -0.15) is 0 Å². The minimum atomic E-state index is 0.113. The molecule has 4 nitrogen and oxygen atoms in total. The van der Waals surface area contributed by atoms with E-state index in [1.54, 1.807) is 0 Å². The Labute approximate surface area is 123 Å². The third kappa shape index (κ3) is 4.45. The van der Waals surface area contributed by atoms with Crippen molar-refractivity contribution in [1.29, 1.82) is 0 Å². The number of hydrogen-bond donors (Lipinski definition) is 0. The lowest BCUT2D eigenvalue weighted by atomic mass is 9.95. The molecule has 0 aromatic rings. The number of hydrogen-bond acceptors (Lipinski definition) is 3. The Balaban J connectivity index is 1.67. The Bertz CT molecular complexity index is 306. The van der Waals surface area contributed by atoms with E-state index in [-0.39, 0.29) is 11.8 Å². The van der Waals surface area contributed by atoms with Gasteiger partial charge in [-0.1, -0.05) is 13.8 Å². The van der Waals surface area contributed by atoms with Gasteiger partial charge < -0.3 is 14.5 Å². The maximum absolute atomic E-state index is 11.9. The van der Waals surface area contributed by atoms with E-state index in [0.717, 1.165) is 25.7 Å². The Kier molecular flexibility index (Phi) is 5.85. The first-order valence-corrected chi connectivity index (χ1v) is 8.11. The summed E-state index contributed by atoms with van der Waals surface area (Å²) in [6, 6.07) is 0. The topological polar surface area (TPSA) is 32.8 Å². The highest BCUT2D eigenvalue weighted by molar-refractivity contribution is 5.77. The average Bonchev–Trinajstić information content (AvgIpc) is 2.92. The van der Waals surface area contributed by atoms with E-state index < -0.39 is 0 Å². The zero-order valence-corrected chi connectivity index (χ0v) is 13.3. The second-order valence-electron chi connectivity index (χ2n) is 6.85. The van der Waals surface area contributed by atoms with Crippen molar-refractivity contribution in [2.75, 3.05) is 46.4 Å². The summed E-state index contributed by atoms with van der Waals surface area (Å²) in [5, 5.41) is 0. The smallest absolute Gasteiger partial charge is 0.224 e. The first kappa shape index (κ1) is 15.8. The molecule has 0 aromatic carbocycles. The molecule has 1 amide bonds. The van der Waals surface area contributed by atoms with E-state index in [0.29, 0.717) is 5.92 Å². The quantitative estimate of drug-likeness (QED) is 0.771. The van der Waals surface area contributed by atoms with Crippen LogP contribution in [0, 0.1) is 17.8 Å². The van der Waals surface area contributed by atoms with Crippen LogP contribution in [0.3, 0.4) is 0 Å². The zero-order chi connectivity index (χ0) is 14.5. The summed E-state index contributed by atoms with van der Waals surface area (Å²) < 4.78 is 5.45. The standard InChI is InChI=1S/C16H30N2O2/c1-13(2)16(19)17(3)10-14-4-7-18(8-5-14)11-15-6-9-20-12-15/h13-15H,4-12H2,1-3H3. The number of piperidine rings is 1. The van der Waals surface area contributed by atoms with Crippen LogP contribution in [0.4, 0.5) is 0 Å². The maximum atomic E-state index is 11.9. The molecule has 20 heavy (non-hydrogen) atoms. The van der Waals surface area contributed by atoms with Crippen LogP contribution in [0.15, 0.2) is 0 Å². The van der Waals surface area contributed by atoms with Gasteiger partial charge in [0.25, 0.3) is 0 Å². The average molecular weight is 282 g/mol. The van der Waals surface area contributed by atoms with Crippen molar-refractivity contribution in [1.82, 2.24) is 9.80 Å². The van der Waals surface area contributed by atoms with Crippen molar-refractivity contribution in [2.24, 2.45) is 17.8 Å². The van der Waals surface area contributed by atoms with Gasteiger partial charge in [-0.3, -0.25) is 4.79 Å². The summed E-state index contributed by atoms with van der Waals surface area (Å²) in [5.41, 5.74) is 0. The van der Waals surface area contributed by atoms with Crippen LogP contribution in [0.1, 0.15) is 33.1 Å². The Hall–Kier alpha value is -0.610. The molecule has 2 rings (SSSR count). The van der Waals surface area contributed by atoms with Crippen molar-refractivity contribution in [3.8, 4) is 0 Å². The predicted octanol–water partition coefficient (Wildman–Crippen LogP) is 1.85. The highest BCUT2D eigenvalue weighted by Gasteiger charge is 2.25. The number of ether oxygens (including phenoxy) is 1. The van der Waals surface area contributed by atoms with E-state index >= 15 is 0 Å². The predicted molar refractivity (Wildman–Crippen MR) is 80.6 cm³/mol. The van der Waals surface area contributed by atoms with Crippen molar-refractivity contribution in [3.05, 3.63) is 0 Å². The molecular weight excluding hydrogens is 252 g/mol. The van der Waals surface area contributed by atoms with Crippen LogP contribution in [-0.2, 0) is 9.53 Å². The molecule has 0 aromatic heterocycles. The molecule has 4 heteroatoms. The van der Waals surface area contributed by atoms with E-state index in [9.17, 15) is 4.79 Å². The van der Waals surface area contributed by atoms with Gasteiger partial charge in [0.1, 0.15) is 0 Å². The summed E-state index contributed by atoms with van der Waals surface area (Å²) in [6.45, 7) is 10.4. The minimum absolute atomic E-state index is 0.113. The van der Waals surface area contributed by atoms with Crippen molar-refractivity contribution in [3.63, 3.8) is 0 Å². The van der Waals surface area contributed by atoms with Gasteiger partial charge in [0.05, 0.1) is 6.61 Å². The SMILES string of the molecule is CC(C)C(=O)N(C)CC1CCN(CC2CCOC2)CC1. The van der Waals surface area contributed by atoms with Crippen LogP contribution in [-0.4, -0.2) is 62.1 Å². The highest BCUT2D eigenvalue weighted by atomic mass is 16.5. The number of likely N-dealkylation sites (tertiary alicyclic amines) is 1. The van der Waals surface area contributed by atoms with Crippen LogP contribution in [0.25, 0.3) is 0 Å². The molecule has 0 aliphatic carbocycles. The third-order valence-electron chi connectivity index (χ3n) is 4.65. The van der Waals surface area contributed by atoms with Crippen molar-refractivity contribution in [2.45, 2.75) is 33.1 Å². The molecule has 1 unspecified atom stereocenters. The van der Waals surface area contributed by atoms with Gasteiger partial charge in [0.15, 0.2) is 0 Å². The Morgan fingerprint density at radius 3 is 2.50 bits per heavy atom. The van der Waals surface area contributed by atoms with Gasteiger partial charge >= 0.3 is 0 Å². The largest absolute Gasteiger partial charge is 0.381 e. The fraction of sp³-hybridized carbons (Fsp3) is 0.938. The molecule has 2 saturated heterocycles. The number of amides is 1. The number of nitrogens with zero attached hydrogens (tertiary/aromatic N) is 2. The molecular formula is C16H30N2O2. The minimum Gasteiger partial charge on any atom is -0.381 e. The van der Waals surface area contributed by atoms with E-state index in [4.69, 9.17) is 4.74 Å². The molecule has 2 aliphatic rings. The summed E-state index contributed by atoms with van der Waals surface area (Å²) in [5.74, 6) is 1.81. The molecule has 0 N–H and O–H groups in total. The lowest BCUT2D eigenvalue weighted by Crippen LogP contribution is -2.41. The first-order chi connectivity index (χ1) is 9.56. The Morgan fingerprint density at radius 1 is 1.25 bits per heavy atom. The number of carbonyl (C=O) groups is 1. The lowest BCUT2D eigenvalue weighted by Gasteiger charge is -2.35. The molecule has 116 valence electrons. The first-order valence-electron chi connectivity index (χ1n) is 8.11. The van der Waals surface area contributed by atoms with Gasteiger partial charge in [-0.25, -0.2) is 0 Å². The monoisotopic (exact) mass is 282 g/mol. The van der Waals surface area contributed by atoms with Gasteiger partial charge in [0, 0.05) is 32.7 Å². The molecule has 0 spiro atoms. The fourth-order valence-corrected chi connectivity index (χ4v) is 3.36. The fourth-order valence-electron chi connectivity index (χ4n) is 3.36. The van der Waals surface area contributed by atoms with Crippen LogP contribution < -0.4 is 0 Å². The number of rotatable bonds is 5. The van der Waals surface area contributed by atoms with Gasteiger partial charge in [-0.05, 0) is 44.2 Å². The molecule has 1 atom stereocenters. The summed E-state index contributed by atoms with van der Waals surface area (Å²) in [7, 11) is 1.95. The molecule has 2 heterocycles. The summed E-state index contributed by atoms with van der Waals surface area (Å²) in [6.07, 6.45) is 3.68. The normalized spacial score (nSPS) is 25.3. The highest BCUT2D eigenvalue weighted by Crippen LogP contribution is 2.21. The van der Waals surface area contributed by atoms with E-state index in [1.807, 2.05) is 25.8 Å². The molecule has 2 aliphatic heterocycles. The summed E-state index contributed by atoms with van der Waals surface area (Å²) in [4.78, 5) is 16.4. The molecule has 2 fully saturated rings. The van der Waals surface area contributed by atoms with Gasteiger partial charge in [-0.15, -0.1) is 0 Å². The molecule has 0 radical (unpaired) electrons. The van der Waals surface area contributed by atoms with E-state index in [2.05, 4.69) is 4.90 Å². The van der Waals surface area contributed by atoms with Crippen LogP contribution >= 0.6 is 0 Å². The molecule has 0 bridgehead atoms. The maximum Gasteiger partial charge on any atom is 0.224 e. The molecule has 0 saturated carbocycles. The zero-order valence-electron chi connectivity index (χ0n) is 13.3. The van der Waals surface area contributed by atoms with Gasteiger partial charge in [0.2, 0.25) is 5.91 Å². The second-order valence-corrected chi connectivity index (χ2v) is 6.85. The van der Waals surface area contributed by atoms with Crippen LogP contribution in [0.5, 0.6) is 0 Å². The second kappa shape index (κ2) is 7.41. The number of carbonyl (C=O) groups excluding carboxylic acids is 1. The van der Waals surface area contributed by atoms with E-state index in [1.165, 1.54) is 38.9 Å². The Morgan fingerprint density at radius 2 is 1.95 bits per heavy atom. The summed E-state index contributed by atoms with van der Waals surface area (Å²) >= 11 is 0.